The lowest BCUT2D eigenvalue weighted by molar-refractivity contribution is -0.119. The number of benzene rings is 2. The number of piperazine rings is 1. The first-order valence-corrected chi connectivity index (χ1v) is 13.0. The van der Waals surface area contributed by atoms with E-state index in [1.165, 1.54) is 5.56 Å². The minimum Gasteiger partial charge on any atom is -0.378 e. The number of nitrogens with zero attached hydrogens (tertiary/aromatic N) is 3. The Hall–Kier alpha value is -2.90. The average molecular weight is 477 g/mol. The van der Waals surface area contributed by atoms with Crippen molar-refractivity contribution in [1.29, 1.82) is 0 Å². The van der Waals surface area contributed by atoms with E-state index in [1.54, 1.807) is 0 Å². The zero-order valence-corrected chi connectivity index (χ0v) is 20.5. The van der Waals surface area contributed by atoms with Crippen molar-refractivity contribution in [3.05, 3.63) is 59.7 Å². The molecular weight excluding hydrogens is 440 g/mol. The van der Waals surface area contributed by atoms with Crippen molar-refractivity contribution < 1.29 is 14.3 Å². The molecule has 7 heteroatoms. The SMILES string of the molecule is O=C(Nc1ccc(N2CCN(Cc3ccccc3)CC2)c(C(=O)N2CCOCC2)c1)C1CCCC1. The topological polar surface area (TPSA) is 65.1 Å². The summed E-state index contributed by atoms with van der Waals surface area (Å²) in [4.78, 5) is 33.0. The van der Waals surface area contributed by atoms with Crippen LogP contribution in [0.1, 0.15) is 41.6 Å². The number of hydrogen-bond donors (Lipinski definition) is 1. The van der Waals surface area contributed by atoms with Crippen LogP contribution in [0.2, 0.25) is 0 Å². The molecule has 1 saturated carbocycles. The van der Waals surface area contributed by atoms with Crippen molar-refractivity contribution in [2.24, 2.45) is 5.92 Å². The van der Waals surface area contributed by atoms with E-state index < -0.39 is 0 Å². The number of rotatable bonds is 6. The van der Waals surface area contributed by atoms with Crippen molar-refractivity contribution in [3.63, 3.8) is 0 Å². The number of carbonyl (C=O) groups excluding carboxylic acids is 2. The zero-order chi connectivity index (χ0) is 24.0. The van der Waals surface area contributed by atoms with E-state index >= 15 is 0 Å². The van der Waals surface area contributed by atoms with Gasteiger partial charge in [0.05, 0.1) is 18.8 Å². The third-order valence-electron chi connectivity index (χ3n) is 7.48. The normalized spacial score (nSPS) is 19.7. The molecule has 0 spiro atoms. The van der Waals surface area contributed by atoms with E-state index in [9.17, 15) is 9.59 Å². The standard InChI is InChI=1S/C28H36N4O3/c33-27(23-8-4-5-9-23)29-24-10-11-26(25(20-24)28(34)32-16-18-35-19-17-32)31-14-12-30(13-15-31)21-22-6-2-1-3-7-22/h1-3,6-7,10-11,20,23H,4-5,8-9,12-19,21H2,(H,29,33). The first-order valence-electron chi connectivity index (χ1n) is 13.0. The largest absolute Gasteiger partial charge is 0.378 e. The monoisotopic (exact) mass is 476 g/mol. The Morgan fingerprint density at radius 1 is 0.886 bits per heavy atom. The molecule has 2 aromatic carbocycles. The fraction of sp³-hybridized carbons (Fsp3) is 0.500. The summed E-state index contributed by atoms with van der Waals surface area (Å²) in [6.45, 7) is 6.90. The third-order valence-corrected chi connectivity index (χ3v) is 7.48. The lowest BCUT2D eigenvalue weighted by Gasteiger charge is -2.37. The molecule has 0 atom stereocenters. The van der Waals surface area contributed by atoms with Crippen molar-refractivity contribution in [2.45, 2.75) is 32.2 Å². The van der Waals surface area contributed by atoms with Crippen LogP contribution in [0.15, 0.2) is 48.5 Å². The number of morpholine rings is 1. The van der Waals surface area contributed by atoms with Gasteiger partial charge in [0, 0.05) is 63.1 Å². The Bertz CT molecular complexity index is 1010. The summed E-state index contributed by atoms with van der Waals surface area (Å²) in [6, 6.07) is 16.4. The molecule has 1 N–H and O–H groups in total. The molecule has 3 aliphatic rings. The number of hydrogen-bond acceptors (Lipinski definition) is 5. The van der Waals surface area contributed by atoms with Crippen LogP contribution < -0.4 is 10.2 Å². The molecule has 0 unspecified atom stereocenters. The van der Waals surface area contributed by atoms with Gasteiger partial charge in [-0.15, -0.1) is 0 Å². The molecule has 2 amide bonds. The Kier molecular flexibility index (Phi) is 7.64. The minimum atomic E-state index is 0.0204. The van der Waals surface area contributed by atoms with Crippen LogP contribution in [0.4, 0.5) is 11.4 Å². The van der Waals surface area contributed by atoms with Gasteiger partial charge in [0.2, 0.25) is 5.91 Å². The lowest BCUT2D eigenvalue weighted by Crippen LogP contribution is -2.47. The lowest BCUT2D eigenvalue weighted by atomic mass is 10.1. The predicted molar refractivity (Wildman–Crippen MR) is 138 cm³/mol. The summed E-state index contributed by atoms with van der Waals surface area (Å²) in [6.07, 6.45) is 4.15. The molecule has 5 rings (SSSR count). The highest BCUT2D eigenvalue weighted by Gasteiger charge is 2.27. The van der Waals surface area contributed by atoms with E-state index in [0.717, 1.165) is 64.1 Å². The second-order valence-corrected chi connectivity index (χ2v) is 9.86. The van der Waals surface area contributed by atoms with Crippen LogP contribution in [0.5, 0.6) is 0 Å². The van der Waals surface area contributed by atoms with Crippen molar-refractivity contribution in [3.8, 4) is 0 Å². The van der Waals surface area contributed by atoms with Crippen LogP contribution in [0.25, 0.3) is 0 Å². The van der Waals surface area contributed by atoms with Crippen molar-refractivity contribution in [1.82, 2.24) is 9.80 Å². The fourth-order valence-electron chi connectivity index (χ4n) is 5.42. The van der Waals surface area contributed by atoms with Crippen LogP contribution in [-0.4, -0.2) is 74.1 Å². The van der Waals surface area contributed by atoms with Gasteiger partial charge in [-0.1, -0.05) is 43.2 Å². The molecule has 7 nitrogen and oxygen atoms in total. The van der Waals surface area contributed by atoms with Crippen LogP contribution in [0.3, 0.4) is 0 Å². The summed E-state index contributed by atoms with van der Waals surface area (Å²) in [5, 5.41) is 3.09. The Balaban J connectivity index is 1.32. The van der Waals surface area contributed by atoms with E-state index in [-0.39, 0.29) is 17.7 Å². The van der Waals surface area contributed by atoms with Gasteiger partial charge in [-0.05, 0) is 36.6 Å². The highest BCUT2D eigenvalue weighted by atomic mass is 16.5. The molecule has 2 heterocycles. The van der Waals surface area contributed by atoms with Gasteiger partial charge >= 0.3 is 0 Å². The van der Waals surface area contributed by atoms with E-state index in [0.29, 0.717) is 37.6 Å². The molecule has 1 aliphatic carbocycles. The molecule has 0 radical (unpaired) electrons. The van der Waals surface area contributed by atoms with Crippen LogP contribution >= 0.6 is 0 Å². The highest BCUT2D eigenvalue weighted by Crippen LogP contribution is 2.30. The Morgan fingerprint density at radius 3 is 2.31 bits per heavy atom. The second-order valence-electron chi connectivity index (χ2n) is 9.86. The average Bonchev–Trinajstić information content (AvgIpc) is 3.45. The molecule has 2 aliphatic heterocycles. The molecule has 3 fully saturated rings. The van der Waals surface area contributed by atoms with Gasteiger partial charge in [0.25, 0.3) is 5.91 Å². The molecule has 35 heavy (non-hydrogen) atoms. The molecule has 186 valence electrons. The number of ether oxygens (including phenoxy) is 1. The van der Waals surface area contributed by atoms with E-state index in [2.05, 4.69) is 39.4 Å². The zero-order valence-electron chi connectivity index (χ0n) is 20.5. The van der Waals surface area contributed by atoms with Crippen molar-refractivity contribution >= 4 is 23.2 Å². The summed E-state index contributed by atoms with van der Waals surface area (Å²) >= 11 is 0. The van der Waals surface area contributed by atoms with Crippen molar-refractivity contribution in [2.75, 3.05) is 62.7 Å². The summed E-state index contributed by atoms with van der Waals surface area (Å²) in [5.74, 6) is 0.187. The van der Waals surface area contributed by atoms with Gasteiger partial charge in [-0.25, -0.2) is 0 Å². The number of anilines is 2. The molecule has 0 aromatic heterocycles. The Morgan fingerprint density at radius 2 is 1.60 bits per heavy atom. The highest BCUT2D eigenvalue weighted by molar-refractivity contribution is 6.02. The van der Waals surface area contributed by atoms with Gasteiger partial charge in [0.15, 0.2) is 0 Å². The molecular formula is C28H36N4O3. The van der Waals surface area contributed by atoms with Gasteiger partial charge < -0.3 is 19.9 Å². The van der Waals surface area contributed by atoms with Crippen LogP contribution in [-0.2, 0) is 16.1 Å². The van der Waals surface area contributed by atoms with Gasteiger partial charge in [-0.3, -0.25) is 14.5 Å². The smallest absolute Gasteiger partial charge is 0.256 e. The first kappa shape index (κ1) is 23.8. The molecule has 0 bridgehead atoms. The number of carbonyl (C=O) groups is 2. The maximum atomic E-state index is 13.6. The summed E-state index contributed by atoms with van der Waals surface area (Å²) < 4.78 is 5.46. The van der Waals surface area contributed by atoms with E-state index in [1.807, 2.05) is 29.2 Å². The fourth-order valence-corrected chi connectivity index (χ4v) is 5.42. The maximum absolute atomic E-state index is 13.6. The second kappa shape index (κ2) is 11.2. The Labute approximate surface area is 208 Å². The number of amides is 2. The third kappa shape index (κ3) is 5.85. The summed E-state index contributed by atoms with van der Waals surface area (Å²) in [5.41, 5.74) is 3.67. The minimum absolute atomic E-state index is 0.0204. The summed E-state index contributed by atoms with van der Waals surface area (Å²) in [7, 11) is 0. The van der Waals surface area contributed by atoms with E-state index in [4.69, 9.17) is 4.74 Å². The first-order chi connectivity index (χ1) is 17.2. The quantitative estimate of drug-likeness (QED) is 0.690. The maximum Gasteiger partial charge on any atom is 0.256 e. The van der Waals surface area contributed by atoms with Crippen LogP contribution in [0, 0.1) is 5.92 Å². The van der Waals surface area contributed by atoms with Gasteiger partial charge in [0.1, 0.15) is 0 Å². The molecule has 2 saturated heterocycles. The van der Waals surface area contributed by atoms with Gasteiger partial charge in [-0.2, -0.15) is 0 Å². The molecule has 2 aromatic rings. The predicted octanol–water partition coefficient (Wildman–Crippen LogP) is 3.61. The number of nitrogens with one attached hydrogen (secondary N) is 1.